The predicted molar refractivity (Wildman–Crippen MR) is 67.4 cm³/mol. The minimum Gasteiger partial charge on any atom is -0.388 e. The molecule has 0 aliphatic heterocycles. The minimum absolute atomic E-state index is 0.848. The van der Waals surface area contributed by atoms with E-state index in [1.807, 2.05) is 0 Å². The first-order valence-corrected chi connectivity index (χ1v) is 10.3. The van der Waals surface area contributed by atoms with Gasteiger partial charge in [-0.05, 0) is 0 Å². The van der Waals surface area contributed by atoms with Gasteiger partial charge in [0.2, 0.25) is 0 Å². The second kappa shape index (κ2) is 7.24. The Labute approximate surface area is 128 Å². The summed E-state index contributed by atoms with van der Waals surface area (Å²) < 4.78 is 45.0. The third kappa shape index (κ3) is 7.34. The number of aliphatic hydroxyl groups excluding tert-OH is 2. The van der Waals surface area contributed by atoms with Gasteiger partial charge in [0.05, 0.1) is 0 Å². The van der Waals surface area contributed by atoms with Gasteiger partial charge < -0.3 is 39.6 Å². The van der Waals surface area contributed by atoms with Crippen molar-refractivity contribution in [1.29, 1.82) is 0 Å². The zero-order valence-electron chi connectivity index (χ0n) is 11.0. The van der Waals surface area contributed by atoms with E-state index in [0.717, 1.165) is 0 Å². The van der Waals surface area contributed by atoms with Crippen LogP contribution in [-0.4, -0.2) is 70.1 Å². The van der Waals surface area contributed by atoms with Crippen molar-refractivity contribution in [2.45, 2.75) is 36.9 Å². The molecule has 5 atom stereocenters. The second-order valence-electron chi connectivity index (χ2n) is 4.55. The Morgan fingerprint density at radius 3 is 1.43 bits per heavy atom. The Balaban J connectivity index is 3.08. The van der Waals surface area contributed by atoms with Crippen LogP contribution < -0.4 is 0 Å². The fourth-order valence-electron chi connectivity index (χ4n) is 1.99. The summed E-state index contributed by atoms with van der Waals surface area (Å²) in [4.78, 5) is 52.4. The van der Waals surface area contributed by atoms with Gasteiger partial charge in [0.25, 0.3) is 0 Å². The van der Waals surface area contributed by atoms with Crippen molar-refractivity contribution in [3.05, 3.63) is 0 Å². The molecule has 0 heterocycles. The lowest BCUT2D eigenvalue weighted by molar-refractivity contribution is -0.166. The van der Waals surface area contributed by atoms with E-state index < -0.39 is 60.4 Å². The zero-order chi connectivity index (χ0) is 18.2. The molecule has 17 heteroatoms. The molecule has 138 valence electrons. The van der Waals surface area contributed by atoms with Crippen LogP contribution >= 0.6 is 23.5 Å². The van der Waals surface area contributed by atoms with Gasteiger partial charge in [0, 0.05) is 6.42 Å². The standard InChI is InChI=1S/C6H15O14P3/c7-4-2(18-21(9,10)11)1-3(19-22(12,13)14)6(5(4)8)20-23(15,16)17/h2-8H,1H2,(H2,9,10,11)(H2,12,13,14)(H2,15,16,17)/t2-,3+,4-,5-,6-/m0/s1. The predicted octanol–water partition coefficient (Wildman–Crippen LogP) is -2.45. The molecule has 0 radical (unpaired) electrons. The Hall–Kier alpha value is 0.250. The fourth-order valence-corrected chi connectivity index (χ4v) is 3.69. The Morgan fingerprint density at radius 2 is 1.04 bits per heavy atom. The summed E-state index contributed by atoms with van der Waals surface area (Å²) in [5.74, 6) is 0. The van der Waals surface area contributed by atoms with Gasteiger partial charge in [-0.1, -0.05) is 0 Å². The topological polar surface area (TPSA) is 241 Å². The average Bonchev–Trinajstić information content (AvgIpc) is 2.26. The molecule has 0 aromatic carbocycles. The van der Waals surface area contributed by atoms with E-state index in [1.54, 1.807) is 0 Å². The molecule has 0 aromatic rings. The van der Waals surface area contributed by atoms with Gasteiger partial charge in [0.1, 0.15) is 30.5 Å². The SMILES string of the molecule is O=P(O)(O)O[C@@H]1[C@@H](O)[C@@H](O)[C@@H](OP(=O)(O)O)C[C@H]1OP(=O)(O)O. The highest BCUT2D eigenvalue weighted by atomic mass is 31.2. The molecule has 0 amide bonds. The van der Waals surface area contributed by atoms with Gasteiger partial charge in [-0.3, -0.25) is 13.6 Å². The molecule has 1 aliphatic carbocycles. The minimum atomic E-state index is -5.26. The van der Waals surface area contributed by atoms with Crippen LogP contribution in [0.1, 0.15) is 6.42 Å². The maximum absolute atomic E-state index is 10.9. The Morgan fingerprint density at radius 1 is 0.652 bits per heavy atom. The van der Waals surface area contributed by atoms with E-state index in [9.17, 15) is 23.9 Å². The number of phosphoric acid groups is 3. The molecule has 23 heavy (non-hydrogen) atoms. The van der Waals surface area contributed by atoms with E-state index >= 15 is 0 Å². The molecule has 8 N–H and O–H groups in total. The van der Waals surface area contributed by atoms with Crippen molar-refractivity contribution in [3.63, 3.8) is 0 Å². The second-order valence-corrected chi connectivity index (χ2v) is 8.12. The van der Waals surface area contributed by atoms with E-state index in [0.29, 0.717) is 0 Å². The van der Waals surface area contributed by atoms with Crippen LogP contribution in [0.2, 0.25) is 0 Å². The van der Waals surface area contributed by atoms with Crippen LogP contribution in [0.3, 0.4) is 0 Å². The highest BCUT2D eigenvalue weighted by Gasteiger charge is 2.51. The maximum atomic E-state index is 10.9. The van der Waals surface area contributed by atoms with Crippen LogP contribution in [0, 0.1) is 0 Å². The lowest BCUT2D eigenvalue weighted by atomic mass is 9.87. The molecule has 1 saturated carbocycles. The number of aliphatic hydroxyl groups is 2. The smallest absolute Gasteiger partial charge is 0.388 e. The summed E-state index contributed by atoms with van der Waals surface area (Å²) in [6.07, 6.45) is -11.1. The van der Waals surface area contributed by atoms with Crippen molar-refractivity contribution < 1.29 is 66.8 Å². The summed E-state index contributed by atoms with van der Waals surface area (Å²) in [6.45, 7) is 0. The maximum Gasteiger partial charge on any atom is 0.470 e. The first kappa shape index (κ1) is 21.3. The first-order valence-electron chi connectivity index (χ1n) is 5.67. The van der Waals surface area contributed by atoms with Gasteiger partial charge in [0.15, 0.2) is 0 Å². The van der Waals surface area contributed by atoms with Crippen LogP contribution in [0.25, 0.3) is 0 Å². The van der Waals surface area contributed by atoms with Crippen molar-refractivity contribution in [2.24, 2.45) is 0 Å². The third-order valence-electron chi connectivity index (χ3n) is 2.70. The van der Waals surface area contributed by atoms with Gasteiger partial charge >= 0.3 is 23.5 Å². The zero-order valence-corrected chi connectivity index (χ0v) is 13.6. The van der Waals surface area contributed by atoms with Crippen LogP contribution in [0.4, 0.5) is 0 Å². The van der Waals surface area contributed by atoms with Crippen LogP contribution in [0.15, 0.2) is 0 Å². The van der Waals surface area contributed by atoms with Crippen LogP contribution in [-0.2, 0) is 27.3 Å². The molecule has 0 unspecified atom stereocenters. The number of phosphoric ester groups is 3. The summed E-state index contributed by atoms with van der Waals surface area (Å²) in [5.41, 5.74) is 0. The highest BCUT2D eigenvalue weighted by molar-refractivity contribution is 7.46. The van der Waals surface area contributed by atoms with E-state index in [4.69, 9.17) is 29.4 Å². The largest absolute Gasteiger partial charge is 0.470 e. The molecule has 1 fully saturated rings. The molecule has 1 aliphatic rings. The molecule has 14 nitrogen and oxygen atoms in total. The molecule has 0 aromatic heterocycles. The van der Waals surface area contributed by atoms with E-state index in [-0.39, 0.29) is 0 Å². The molecule has 0 bridgehead atoms. The third-order valence-corrected chi connectivity index (χ3v) is 4.31. The summed E-state index contributed by atoms with van der Waals surface area (Å²) >= 11 is 0. The van der Waals surface area contributed by atoms with Crippen molar-refractivity contribution in [2.75, 3.05) is 0 Å². The monoisotopic (exact) mass is 404 g/mol. The van der Waals surface area contributed by atoms with E-state index in [2.05, 4.69) is 13.6 Å². The highest BCUT2D eigenvalue weighted by Crippen LogP contribution is 2.48. The van der Waals surface area contributed by atoms with Gasteiger partial charge in [-0.2, -0.15) is 0 Å². The fraction of sp³-hybridized carbons (Fsp3) is 1.00. The molecule has 0 saturated heterocycles. The van der Waals surface area contributed by atoms with Gasteiger partial charge in [-0.15, -0.1) is 0 Å². The normalized spacial score (nSPS) is 33.7. The summed E-state index contributed by atoms with van der Waals surface area (Å²) in [6, 6.07) is 0. The Kier molecular flexibility index (Phi) is 6.70. The molecule has 0 spiro atoms. The summed E-state index contributed by atoms with van der Waals surface area (Å²) in [5, 5.41) is 19.4. The number of hydrogen-bond acceptors (Lipinski definition) is 8. The van der Waals surface area contributed by atoms with Crippen molar-refractivity contribution in [3.8, 4) is 0 Å². The summed E-state index contributed by atoms with van der Waals surface area (Å²) in [7, 11) is -15.6. The van der Waals surface area contributed by atoms with E-state index in [1.165, 1.54) is 0 Å². The Bertz CT molecular complexity index is 545. The van der Waals surface area contributed by atoms with Crippen LogP contribution in [0.5, 0.6) is 0 Å². The van der Waals surface area contributed by atoms with Gasteiger partial charge in [-0.25, -0.2) is 13.7 Å². The van der Waals surface area contributed by atoms with Crippen molar-refractivity contribution in [1.82, 2.24) is 0 Å². The lowest BCUT2D eigenvalue weighted by Gasteiger charge is -2.41. The lowest BCUT2D eigenvalue weighted by Crippen LogP contribution is -2.57. The first-order chi connectivity index (χ1) is 10.1. The average molecular weight is 404 g/mol. The molecular formula is C6H15O14P3. The number of hydrogen-bond donors (Lipinski definition) is 8. The molecule has 1 rings (SSSR count). The van der Waals surface area contributed by atoms with Crippen molar-refractivity contribution >= 4 is 23.5 Å². The number of rotatable bonds is 6. The molecular weight excluding hydrogens is 389 g/mol. The quantitative estimate of drug-likeness (QED) is 0.214.